The number of halogens is 4. The van der Waals surface area contributed by atoms with Crippen LogP contribution in [0.5, 0.6) is 17.4 Å². The van der Waals surface area contributed by atoms with Crippen molar-refractivity contribution in [2.75, 3.05) is 23.5 Å². The lowest BCUT2D eigenvalue weighted by Crippen LogP contribution is -2.14. The number of benzene rings is 2. The quantitative estimate of drug-likeness (QED) is 0.108. The van der Waals surface area contributed by atoms with E-state index in [-0.39, 0.29) is 58.3 Å². The molecule has 5 rings (SSSR count). The summed E-state index contributed by atoms with van der Waals surface area (Å²) in [5, 5.41) is 7.39. The van der Waals surface area contributed by atoms with Crippen LogP contribution in [0.25, 0.3) is 16.6 Å². The number of ether oxygens (including phenoxy) is 2. The predicted molar refractivity (Wildman–Crippen MR) is 159 cm³/mol. The van der Waals surface area contributed by atoms with Crippen molar-refractivity contribution in [2.24, 2.45) is 0 Å². The van der Waals surface area contributed by atoms with Crippen LogP contribution >= 0.6 is 11.6 Å². The highest BCUT2D eigenvalue weighted by atomic mass is 35.5. The number of H-pyrrole nitrogens is 1. The minimum atomic E-state index is -2.73. The number of anilines is 2. The van der Waals surface area contributed by atoms with Crippen LogP contribution in [-0.2, 0) is 4.79 Å². The van der Waals surface area contributed by atoms with Crippen LogP contribution < -0.4 is 20.5 Å². The van der Waals surface area contributed by atoms with Crippen molar-refractivity contribution in [3.63, 3.8) is 0 Å². The zero-order valence-corrected chi connectivity index (χ0v) is 24.0. The number of fused-ring (bicyclic) bond motifs is 1. The van der Waals surface area contributed by atoms with Gasteiger partial charge in [-0.15, -0.1) is 16.7 Å². The van der Waals surface area contributed by atoms with Gasteiger partial charge in [-0.25, -0.2) is 22.8 Å². The molecule has 2 aromatic carbocycles. The maximum Gasteiger partial charge on any atom is 0.272 e. The van der Waals surface area contributed by atoms with E-state index in [2.05, 4.69) is 20.4 Å². The number of carbonyl (C=O) groups excluding carboxylic acids is 2. The standard InChI is InChI=1S/C30H26ClF3N6O4/c1-16-9-28(44-24-6-3-2-5-19(24)32)36-13-23(16)40-14-18(30(35)39-40)29(42)22-10-17-11-25(43-15-26(33)34)21(12-20(17)37-22)38-27(41)7-4-8-31/h2-3,5-6,9-14,26,37H,4,7-8,15H2,1H3,(H2,35,39)(H,38,41). The Hall–Kier alpha value is -5.04. The Morgan fingerprint density at radius 3 is 2.68 bits per heavy atom. The molecular weight excluding hydrogens is 601 g/mol. The number of nitrogens with zero attached hydrogens (tertiary/aromatic N) is 3. The van der Waals surface area contributed by atoms with Gasteiger partial charge in [0.25, 0.3) is 6.43 Å². The number of hydrogen-bond acceptors (Lipinski definition) is 7. The first-order chi connectivity index (χ1) is 21.1. The lowest BCUT2D eigenvalue weighted by Gasteiger charge is -2.13. The average molecular weight is 627 g/mol. The fraction of sp³-hybridized carbons (Fsp3) is 0.200. The molecule has 0 fully saturated rings. The molecule has 0 saturated heterocycles. The van der Waals surface area contributed by atoms with Crippen LogP contribution in [-0.4, -0.2) is 50.4 Å². The summed E-state index contributed by atoms with van der Waals surface area (Å²) in [6.07, 6.45) is 0.732. The highest BCUT2D eigenvalue weighted by molar-refractivity contribution is 6.18. The Bertz CT molecular complexity index is 1840. The van der Waals surface area contributed by atoms with Crippen molar-refractivity contribution in [3.8, 4) is 23.1 Å². The summed E-state index contributed by atoms with van der Waals surface area (Å²) in [6, 6.07) is 12.0. The first-order valence-corrected chi connectivity index (χ1v) is 13.9. The third-order valence-electron chi connectivity index (χ3n) is 6.49. The molecule has 0 saturated carbocycles. The molecule has 4 N–H and O–H groups in total. The summed E-state index contributed by atoms with van der Waals surface area (Å²) in [4.78, 5) is 33.0. The van der Waals surface area contributed by atoms with Crippen LogP contribution in [0.15, 0.2) is 60.9 Å². The Kier molecular flexibility index (Phi) is 9.04. The predicted octanol–water partition coefficient (Wildman–Crippen LogP) is 6.40. The van der Waals surface area contributed by atoms with Crippen molar-refractivity contribution in [1.82, 2.24) is 19.7 Å². The maximum atomic E-state index is 14.0. The SMILES string of the molecule is Cc1cc(Oc2ccccc2F)ncc1-n1cc(C(=O)c2cc3cc(OCC(F)F)c(NC(=O)CCCCl)cc3[nH]2)c(N)n1. The summed E-state index contributed by atoms with van der Waals surface area (Å²) < 4.78 is 51.9. The zero-order chi connectivity index (χ0) is 31.4. The van der Waals surface area contributed by atoms with Gasteiger partial charge in [0.15, 0.2) is 17.4 Å². The number of nitrogen functional groups attached to an aromatic ring is 1. The van der Waals surface area contributed by atoms with Gasteiger partial charge in [-0.05, 0) is 49.2 Å². The van der Waals surface area contributed by atoms with Crippen molar-refractivity contribution < 1.29 is 32.2 Å². The first-order valence-electron chi connectivity index (χ1n) is 13.4. The average Bonchev–Trinajstić information content (AvgIpc) is 3.58. The van der Waals surface area contributed by atoms with Gasteiger partial charge < -0.3 is 25.5 Å². The second kappa shape index (κ2) is 13.1. The number of carbonyl (C=O) groups is 2. The monoisotopic (exact) mass is 626 g/mol. The Morgan fingerprint density at radius 1 is 1.16 bits per heavy atom. The van der Waals surface area contributed by atoms with E-state index in [1.54, 1.807) is 25.1 Å². The van der Waals surface area contributed by atoms with Crippen LogP contribution in [0.4, 0.5) is 24.7 Å². The molecule has 10 nitrogen and oxygen atoms in total. The molecular formula is C30H26ClF3N6O4. The molecule has 0 aliphatic carbocycles. The van der Waals surface area contributed by atoms with Crippen molar-refractivity contribution >= 4 is 45.7 Å². The number of aromatic nitrogens is 4. The second-order valence-electron chi connectivity index (χ2n) is 9.70. The highest BCUT2D eigenvalue weighted by Gasteiger charge is 2.21. The van der Waals surface area contributed by atoms with Gasteiger partial charge in [-0.1, -0.05) is 12.1 Å². The van der Waals surface area contributed by atoms with E-state index < -0.39 is 24.6 Å². The lowest BCUT2D eigenvalue weighted by atomic mass is 10.1. The number of para-hydroxylation sites is 1. The molecule has 0 bridgehead atoms. The number of alkyl halides is 3. The minimum absolute atomic E-state index is 0.0211. The van der Waals surface area contributed by atoms with Gasteiger partial charge in [0, 0.05) is 35.5 Å². The summed E-state index contributed by atoms with van der Waals surface area (Å²) in [6.45, 7) is 0.883. The summed E-state index contributed by atoms with van der Waals surface area (Å²) in [5.41, 5.74) is 8.12. The van der Waals surface area contributed by atoms with Gasteiger partial charge >= 0.3 is 0 Å². The van der Waals surface area contributed by atoms with Crippen LogP contribution in [0.2, 0.25) is 0 Å². The van der Waals surface area contributed by atoms with E-state index >= 15 is 0 Å². The Labute approximate surface area is 253 Å². The smallest absolute Gasteiger partial charge is 0.272 e. The number of nitrogens with two attached hydrogens (primary N) is 1. The summed E-state index contributed by atoms with van der Waals surface area (Å²) in [5.74, 6) is -0.942. The Morgan fingerprint density at radius 2 is 1.95 bits per heavy atom. The van der Waals surface area contributed by atoms with Gasteiger partial charge in [0.05, 0.1) is 28.8 Å². The number of aromatic amines is 1. The van der Waals surface area contributed by atoms with E-state index in [0.717, 1.165) is 0 Å². The van der Waals surface area contributed by atoms with Crippen molar-refractivity contribution in [3.05, 3.63) is 83.6 Å². The van der Waals surface area contributed by atoms with E-state index in [4.69, 9.17) is 26.8 Å². The largest absolute Gasteiger partial charge is 0.485 e. The number of ketones is 1. The van der Waals surface area contributed by atoms with Gasteiger partial charge in [0.1, 0.15) is 12.4 Å². The number of pyridine rings is 1. The molecule has 0 aliphatic rings. The topological polar surface area (TPSA) is 137 Å². The number of amides is 1. The second-order valence-corrected chi connectivity index (χ2v) is 10.1. The van der Waals surface area contributed by atoms with E-state index in [1.807, 2.05) is 0 Å². The number of rotatable bonds is 12. The van der Waals surface area contributed by atoms with Crippen molar-refractivity contribution in [2.45, 2.75) is 26.2 Å². The Balaban J connectivity index is 1.40. The molecule has 44 heavy (non-hydrogen) atoms. The normalized spacial score (nSPS) is 11.2. The molecule has 3 aromatic heterocycles. The number of nitrogens with one attached hydrogen (secondary N) is 2. The molecule has 228 valence electrons. The van der Waals surface area contributed by atoms with E-state index in [9.17, 15) is 22.8 Å². The van der Waals surface area contributed by atoms with Crippen LogP contribution in [0, 0.1) is 12.7 Å². The molecule has 0 atom stereocenters. The van der Waals surface area contributed by atoms with Crippen LogP contribution in [0.3, 0.4) is 0 Å². The fourth-order valence-electron chi connectivity index (χ4n) is 4.38. The zero-order valence-electron chi connectivity index (χ0n) is 23.2. The third-order valence-corrected chi connectivity index (χ3v) is 6.75. The molecule has 14 heteroatoms. The molecule has 0 unspecified atom stereocenters. The fourth-order valence-corrected chi connectivity index (χ4v) is 4.52. The van der Waals surface area contributed by atoms with E-state index in [1.165, 1.54) is 47.4 Å². The third kappa shape index (κ3) is 6.78. The minimum Gasteiger partial charge on any atom is -0.485 e. The molecule has 5 aromatic rings. The van der Waals surface area contributed by atoms with Gasteiger partial charge in [-0.3, -0.25) is 9.59 Å². The summed E-state index contributed by atoms with van der Waals surface area (Å²) >= 11 is 5.66. The van der Waals surface area contributed by atoms with Crippen LogP contribution in [0.1, 0.15) is 34.5 Å². The highest BCUT2D eigenvalue weighted by Crippen LogP contribution is 2.33. The van der Waals surface area contributed by atoms with Crippen molar-refractivity contribution in [1.29, 1.82) is 0 Å². The molecule has 0 radical (unpaired) electrons. The first kappa shape index (κ1) is 30.4. The van der Waals surface area contributed by atoms with Gasteiger partial charge in [-0.2, -0.15) is 0 Å². The number of aryl methyl sites for hydroxylation is 1. The summed E-state index contributed by atoms with van der Waals surface area (Å²) in [7, 11) is 0. The number of hydrogen-bond donors (Lipinski definition) is 3. The lowest BCUT2D eigenvalue weighted by molar-refractivity contribution is -0.116. The van der Waals surface area contributed by atoms with E-state index in [0.29, 0.717) is 28.6 Å². The molecule has 3 heterocycles. The molecule has 0 aliphatic heterocycles. The van der Waals surface area contributed by atoms with Gasteiger partial charge in [0.2, 0.25) is 17.6 Å². The maximum absolute atomic E-state index is 14.0. The molecule has 0 spiro atoms. The molecule has 1 amide bonds.